The Kier molecular flexibility index (Phi) is 12.5. The molecule has 0 radical (unpaired) electrons. The fraction of sp³-hybridized carbons (Fsp3) is 0.882. The summed E-state index contributed by atoms with van der Waals surface area (Å²) >= 11 is 0. The van der Waals surface area contributed by atoms with Crippen LogP contribution >= 0.6 is 0 Å². The van der Waals surface area contributed by atoms with Crippen molar-refractivity contribution in [2.45, 2.75) is 135 Å². The van der Waals surface area contributed by atoms with Gasteiger partial charge in [-0.05, 0) is 67.0 Å². The number of nitrogens with zero attached hydrogens (tertiary/aromatic N) is 3. The largest absolute Gasteiger partial charge is 0.459 e. The smallest absolute Gasteiger partial charge is 0.311 e. The van der Waals surface area contributed by atoms with Gasteiger partial charge in [-0.25, -0.2) is 4.99 Å². The van der Waals surface area contributed by atoms with E-state index in [0.29, 0.717) is 17.8 Å². The van der Waals surface area contributed by atoms with Gasteiger partial charge in [0.1, 0.15) is 23.5 Å². The summed E-state index contributed by atoms with van der Waals surface area (Å²) < 4.78 is 32.0. The Balaban J connectivity index is 1.94. The number of rotatable bonds is 4. The van der Waals surface area contributed by atoms with Gasteiger partial charge >= 0.3 is 5.97 Å². The fourth-order valence-corrected chi connectivity index (χ4v) is 7.93. The third kappa shape index (κ3) is 8.12. The van der Waals surface area contributed by atoms with Gasteiger partial charge in [0.15, 0.2) is 12.9 Å². The predicted octanol–water partition coefficient (Wildman–Crippen LogP) is 1.71. The van der Waals surface area contributed by atoms with E-state index >= 15 is 0 Å². The second-order valence-electron chi connectivity index (χ2n) is 14.9. The molecule has 14 atom stereocenters. The van der Waals surface area contributed by atoms with E-state index in [0.717, 1.165) is 0 Å². The molecule has 4 rings (SSSR count). The number of aliphatic hydroxyl groups excluding tert-OH is 2. The molecule has 0 saturated carbocycles. The number of esters is 1. The molecular weight excluding hydrogens is 626 g/mol. The van der Waals surface area contributed by atoms with Crippen LogP contribution in [-0.4, -0.2) is 138 Å². The Hall–Kier alpha value is -2.04. The molecule has 14 heteroatoms. The summed E-state index contributed by atoms with van der Waals surface area (Å²) in [5.41, 5.74) is -2.26. The Morgan fingerprint density at radius 3 is 2.33 bits per heavy atom. The van der Waals surface area contributed by atoms with Crippen LogP contribution in [0.15, 0.2) is 10.1 Å². The highest BCUT2D eigenvalue weighted by Crippen LogP contribution is 2.41. The molecule has 0 aromatic rings. The van der Waals surface area contributed by atoms with Crippen LogP contribution in [-0.2, 0) is 38.1 Å². The van der Waals surface area contributed by atoms with E-state index in [1.807, 2.05) is 46.7 Å². The van der Waals surface area contributed by atoms with Crippen molar-refractivity contribution in [3.8, 4) is 0 Å². The van der Waals surface area contributed by atoms with Crippen LogP contribution in [0.5, 0.6) is 0 Å². The van der Waals surface area contributed by atoms with Crippen molar-refractivity contribution in [1.29, 1.82) is 0 Å². The molecule has 0 spiro atoms. The number of hydrogen-bond donors (Lipinski definition) is 3. The first-order valence-electron chi connectivity index (χ1n) is 17.2. The molecule has 3 saturated heterocycles. The Bertz CT molecular complexity index is 1210. The Labute approximate surface area is 284 Å². The van der Waals surface area contributed by atoms with Gasteiger partial charge in [-0.15, -0.1) is 0 Å². The molecule has 274 valence electrons. The quantitative estimate of drug-likeness (QED) is 0.366. The number of carbonyl (C=O) groups excluding carboxylic acids is 2. The van der Waals surface area contributed by atoms with Gasteiger partial charge in [-0.2, -0.15) is 0 Å². The second kappa shape index (κ2) is 15.5. The lowest BCUT2D eigenvalue weighted by molar-refractivity contribution is -0.302. The first-order valence-corrected chi connectivity index (χ1v) is 17.2. The summed E-state index contributed by atoms with van der Waals surface area (Å²) in [6.07, 6.45) is -5.61. The molecule has 0 aliphatic carbocycles. The van der Waals surface area contributed by atoms with Gasteiger partial charge in [-0.3, -0.25) is 9.59 Å². The SMILES string of the molecule is CC[C@H]1OC(=O)[C@H](C)[C@@H](O)[C@H](C)[C@@H](O[C@@H]2O[C@H](C)C[C@H](N(C)C)[C@H]2O)[C@@]2(C)C[C@@H](C)C3=NC(=O)CO/N=C(\CO[C@@H]([C@H]3C)[C@]1(C)O)CO2. The van der Waals surface area contributed by atoms with Gasteiger partial charge < -0.3 is 48.7 Å². The maximum absolute atomic E-state index is 13.7. The number of hydrogen-bond acceptors (Lipinski definition) is 13. The van der Waals surface area contributed by atoms with Crippen molar-refractivity contribution in [2.75, 3.05) is 33.9 Å². The zero-order chi connectivity index (χ0) is 35.7. The summed E-state index contributed by atoms with van der Waals surface area (Å²) in [4.78, 5) is 38.6. The molecular formula is C34H57N3O11. The van der Waals surface area contributed by atoms with Gasteiger partial charge in [-0.1, -0.05) is 32.9 Å². The Morgan fingerprint density at radius 1 is 1.00 bits per heavy atom. The van der Waals surface area contributed by atoms with E-state index in [4.69, 9.17) is 28.5 Å². The number of likely N-dealkylation sites (N-methyl/N-ethyl adjacent to an activating group) is 1. The monoisotopic (exact) mass is 683 g/mol. The lowest BCUT2D eigenvalue weighted by Gasteiger charge is -2.48. The highest BCUT2D eigenvalue weighted by Gasteiger charge is 2.53. The summed E-state index contributed by atoms with van der Waals surface area (Å²) in [5, 5.41) is 39.6. The van der Waals surface area contributed by atoms with Gasteiger partial charge in [0.05, 0.1) is 49.1 Å². The lowest BCUT2D eigenvalue weighted by Crippen LogP contribution is -2.60. The Morgan fingerprint density at radius 2 is 1.69 bits per heavy atom. The average Bonchev–Trinajstić information content (AvgIpc) is 3.05. The molecule has 3 N–H and O–H groups in total. The molecule has 4 aliphatic rings. The number of cyclic esters (lactones) is 1. The van der Waals surface area contributed by atoms with Gasteiger partial charge in [0, 0.05) is 23.6 Å². The van der Waals surface area contributed by atoms with Crippen LogP contribution in [0.25, 0.3) is 0 Å². The van der Waals surface area contributed by atoms with E-state index in [2.05, 4.69) is 10.1 Å². The number of carbonyl (C=O) groups is 2. The van der Waals surface area contributed by atoms with Crippen molar-refractivity contribution in [1.82, 2.24) is 4.90 Å². The molecule has 4 aliphatic heterocycles. The van der Waals surface area contributed by atoms with Gasteiger partial charge in [0.25, 0.3) is 5.91 Å². The summed E-state index contributed by atoms with van der Waals surface area (Å²) in [5.74, 6) is -4.15. The van der Waals surface area contributed by atoms with Crippen LogP contribution in [0.4, 0.5) is 0 Å². The van der Waals surface area contributed by atoms with Gasteiger partial charge in [0.2, 0.25) is 0 Å². The maximum Gasteiger partial charge on any atom is 0.311 e. The molecule has 48 heavy (non-hydrogen) atoms. The van der Waals surface area contributed by atoms with E-state index in [1.54, 1.807) is 27.7 Å². The molecule has 0 unspecified atom stereocenters. The van der Waals surface area contributed by atoms with E-state index in [-0.39, 0.29) is 38.2 Å². The number of oxime groups is 1. The van der Waals surface area contributed by atoms with E-state index in [9.17, 15) is 24.9 Å². The van der Waals surface area contributed by atoms with E-state index in [1.165, 1.54) is 0 Å². The standard InChI is InChI=1S/C34H57N3O11/c1-11-24-34(8,42)30-19(4)26-17(2)13-33(7,44-15-22(14-43-30)36-45-16-25(38)35-26)29(20(5)27(39)21(6)31(41)47-24)48-32-28(40)23(37(9)10)12-18(3)46-32/h17-21,23-24,27-30,32,39-40,42H,11-16H2,1-10H3/b35-26?,36-22+/t17-,18-,19+,20+,21-,23+,24-,27+,28-,29-,30+,32+,33-,34-/m1/s1. The number of aliphatic hydroxyl groups is 3. The highest BCUT2D eigenvalue weighted by atomic mass is 16.7. The zero-order valence-corrected chi connectivity index (χ0v) is 30.1. The summed E-state index contributed by atoms with van der Waals surface area (Å²) in [6.45, 7) is 13.5. The highest BCUT2D eigenvalue weighted by molar-refractivity contribution is 5.99. The minimum atomic E-state index is -1.74. The molecule has 0 aromatic heterocycles. The van der Waals surface area contributed by atoms with Crippen molar-refractivity contribution >= 4 is 23.3 Å². The lowest BCUT2D eigenvalue weighted by atomic mass is 9.73. The third-order valence-corrected chi connectivity index (χ3v) is 10.7. The summed E-state index contributed by atoms with van der Waals surface area (Å²) in [7, 11) is 3.76. The zero-order valence-electron chi connectivity index (χ0n) is 30.1. The number of fused-ring (bicyclic) bond motifs is 4. The molecule has 1 amide bonds. The van der Waals surface area contributed by atoms with Crippen LogP contribution in [0, 0.1) is 23.7 Å². The minimum absolute atomic E-state index is 0.108. The maximum atomic E-state index is 13.7. The summed E-state index contributed by atoms with van der Waals surface area (Å²) in [6, 6.07) is -0.265. The van der Waals surface area contributed by atoms with Crippen LogP contribution in [0.3, 0.4) is 0 Å². The average molecular weight is 684 g/mol. The van der Waals surface area contributed by atoms with Crippen molar-refractivity contribution in [2.24, 2.45) is 33.8 Å². The number of ether oxygens (including phenoxy) is 5. The normalized spacial score (nSPS) is 46.4. The predicted molar refractivity (Wildman–Crippen MR) is 175 cm³/mol. The van der Waals surface area contributed by atoms with Crippen molar-refractivity contribution < 1.29 is 53.4 Å². The van der Waals surface area contributed by atoms with E-state index < -0.39 is 90.2 Å². The molecule has 4 bridgehead atoms. The number of amides is 1. The topological polar surface area (TPSA) is 178 Å². The number of aliphatic imine (C=N–C) groups is 1. The van der Waals surface area contributed by atoms with Crippen LogP contribution in [0.1, 0.15) is 74.7 Å². The second-order valence-corrected chi connectivity index (χ2v) is 14.9. The fourth-order valence-electron chi connectivity index (χ4n) is 7.93. The van der Waals surface area contributed by atoms with Crippen LogP contribution < -0.4 is 0 Å². The first-order chi connectivity index (χ1) is 22.4. The van der Waals surface area contributed by atoms with Crippen molar-refractivity contribution in [3.05, 3.63) is 0 Å². The first kappa shape index (κ1) is 38.8. The molecule has 14 nitrogen and oxygen atoms in total. The van der Waals surface area contributed by atoms with Crippen LogP contribution in [0.2, 0.25) is 0 Å². The van der Waals surface area contributed by atoms with Crippen molar-refractivity contribution in [3.63, 3.8) is 0 Å². The molecule has 3 fully saturated rings. The third-order valence-electron chi connectivity index (χ3n) is 10.7. The molecule has 4 heterocycles. The minimum Gasteiger partial charge on any atom is -0.459 e. The molecule has 0 aromatic carbocycles.